The van der Waals surface area contributed by atoms with E-state index in [1.807, 2.05) is 55.7 Å². The average molecular weight is 341 g/mol. The Hall–Kier alpha value is -2.21. The van der Waals surface area contributed by atoms with Crippen LogP contribution < -0.4 is 0 Å². The Morgan fingerprint density at radius 1 is 1.32 bits per heavy atom. The smallest absolute Gasteiger partial charge is 0.253 e. The van der Waals surface area contributed by atoms with E-state index in [-0.39, 0.29) is 11.9 Å². The van der Waals surface area contributed by atoms with Gasteiger partial charge in [0.1, 0.15) is 11.6 Å². The number of nitrogens with zero attached hydrogens (tertiary/aromatic N) is 5. The number of carbonyl (C=O) groups is 1. The van der Waals surface area contributed by atoms with Gasteiger partial charge in [0.25, 0.3) is 5.91 Å². The minimum Gasteiger partial charge on any atom is -0.337 e. The molecule has 1 aliphatic heterocycles. The highest BCUT2D eigenvalue weighted by Gasteiger charge is 2.27. The highest BCUT2D eigenvalue weighted by molar-refractivity contribution is 5.94. The predicted octanol–water partition coefficient (Wildman–Crippen LogP) is 2.43. The van der Waals surface area contributed by atoms with Gasteiger partial charge in [-0.15, -0.1) is 0 Å². The third kappa shape index (κ3) is 4.07. The Labute approximate surface area is 149 Å². The quantitative estimate of drug-likeness (QED) is 0.857. The first-order valence-corrected chi connectivity index (χ1v) is 8.86. The SMILES string of the molecule is Cc1nc(C)n([C@H]2CCCN(C(=O)c3cccc(CN(C)C)c3)C2)n1. The van der Waals surface area contributed by atoms with E-state index >= 15 is 0 Å². The van der Waals surface area contributed by atoms with Crippen molar-refractivity contribution >= 4 is 5.91 Å². The fraction of sp³-hybridized carbons (Fsp3) is 0.526. The third-order valence-electron chi connectivity index (χ3n) is 4.61. The lowest BCUT2D eigenvalue weighted by Gasteiger charge is -2.33. The summed E-state index contributed by atoms with van der Waals surface area (Å²) in [5.74, 6) is 1.82. The topological polar surface area (TPSA) is 54.3 Å². The molecule has 134 valence electrons. The third-order valence-corrected chi connectivity index (χ3v) is 4.61. The summed E-state index contributed by atoms with van der Waals surface area (Å²) in [6, 6.07) is 8.17. The summed E-state index contributed by atoms with van der Waals surface area (Å²) in [7, 11) is 4.07. The van der Waals surface area contributed by atoms with Gasteiger partial charge in [0.2, 0.25) is 0 Å². The van der Waals surface area contributed by atoms with E-state index in [0.717, 1.165) is 48.7 Å². The standard InChI is InChI=1S/C19H27N5O/c1-14-20-15(2)24(21-14)18-9-6-10-23(13-18)19(25)17-8-5-7-16(11-17)12-22(3)4/h5,7-8,11,18H,6,9-10,12-13H2,1-4H3/t18-/m0/s1. The number of hydrogen-bond acceptors (Lipinski definition) is 4. The Morgan fingerprint density at radius 2 is 2.12 bits per heavy atom. The van der Waals surface area contributed by atoms with Crippen LogP contribution in [0.1, 0.15) is 46.5 Å². The molecule has 6 heteroatoms. The van der Waals surface area contributed by atoms with Gasteiger partial charge in [0.05, 0.1) is 6.04 Å². The molecular formula is C19H27N5O. The van der Waals surface area contributed by atoms with Gasteiger partial charge in [-0.2, -0.15) is 5.10 Å². The van der Waals surface area contributed by atoms with Crippen LogP contribution in [0.15, 0.2) is 24.3 Å². The number of rotatable bonds is 4. The van der Waals surface area contributed by atoms with Gasteiger partial charge in [-0.3, -0.25) is 4.79 Å². The molecule has 0 bridgehead atoms. The van der Waals surface area contributed by atoms with Gasteiger partial charge in [-0.1, -0.05) is 12.1 Å². The Bertz CT molecular complexity index is 752. The number of piperidine rings is 1. The van der Waals surface area contributed by atoms with Crippen molar-refractivity contribution in [2.24, 2.45) is 0 Å². The molecule has 0 unspecified atom stereocenters. The molecule has 0 N–H and O–H groups in total. The van der Waals surface area contributed by atoms with Crippen molar-refractivity contribution in [3.05, 3.63) is 47.0 Å². The van der Waals surface area contributed by atoms with E-state index in [9.17, 15) is 4.79 Å². The Kier molecular flexibility index (Phi) is 5.18. The van der Waals surface area contributed by atoms with Gasteiger partial charge in [-0.05, 0) is 58.5 Å². The fourth-order valence-corrected chi connectivity index (χ4v) is 3.57. The minimum absolute atomic E-state index is 0.111. The summed E-state index contributed by atoms with van der Waals surface area (Å²) in [6.07, 6.45) is 2.03. The van der Waals surface area contributed by atoms with E-state index in [1.54, 1.807) is 0 Å². The van der Waals surface area contributed by atoms with Crippen molar-refractivity contribution in [3.8, 4) is 0 Å². The molecule has 1 aliphatic rings. The Balaban J connectivity index is 1.75. The number of benzene rings is 1. The molecule has 1 fully saturated rings. The number of amides is 1. The lowest BCUT2D eigenvalue weighted by molar-refractivity contribution is 0.0671. The second kappa shape index (κ2) is 7.35. The highest BCUT2D eigenvalue weighted by atomic mass is 16.2. The molecule has 1 amide bonds. The van der Waals surface area contributed by atoms with E-state index in [1.165, 1.54) is 0 Å². The lowest BCUT2D eigenvalue weighted by Crippen LogP contribution is -2.41. The first kappa shape index (κ1) is 17.6. The van der Waals surface area contributed by atoms with Crippen LogP contribution in [0.25, 0.3) is 0 Å². The van der Waals surface area contributed by atoms with Crippen LogP contribution in [0, 0.1) is 13.8 Å². The number of carbonyl (C=O) groups excluding carboxylic acids is 1. The van der Waals surface area contributed by atoms with Gasteiger partial charge in [0, 0.05) is 25.2 Å². The normalized spacial score (nSPS) is 18.0. The molecule has 0 spiro atoms. The number of aryl methyl sites for hydroxylation is 2. The summed E-state index contributed by atoms with van der Waals surface area (Å²) < 4.78 is 1.98. The van der Waals surface area contributed by atoms with Gasteiger partial charge in [-0.25, -0.2) is 9.67 Å². The molecule has 1 saturated heterocycles. The zero-order valence-electron chi connectivity index (χ0n) is 15.6. The summed E-state index contributed by atoms with van der Waals surface area (Å²) in [5.41, 5.74) is 1.93. The molecule has 0 aliphatic carbocycles. The van der Waals surface area contributed by atoms with Crippen LogP contribution in [0.4, 0.5) is 0 Å². The van der Waals surface area contributed by atoms with Crippen LogP contribution in [0.5, 0.6) is 0 Å². The first-order valence-electron chi connectivity index (χ1n) is 8.86. The largest absolute Gasteiger partial charge is 0.337 e. The zero-order chi connectivity index (χ0) is 18.0. The van der Waals surface area contributed by atoms with Crippen LogP contribution in [0.3, 0.4) is 0 Å². The number of aromatic nitrogens is 3. The molecule has 25 heavy (non-hydrogen) atoms. The van der Waals surface area contributed by atoms with Crippen LogP contribution in [-0.2, 0) is 6.54 Å². The maximum absolute atomic E-state index is 13.0. The summed E-state index contributed by atoms with van der Waals surface area (Å²) in [5, 5.41) is 4.51. The second-order valence-corrected chi connectivity index (χ2v) is 7.14. The van der Waals surface area contributed by atoms with Gasteiger partial charge < -0.3 is 9.80 Å². The summed E-state index contributed by atoms with van der Waals surface area (Å²) >= 11 is 0. The zero-order valence-corrected chi connectivity index (χ0v) is 15.6. The van der Waals surface area contributed by atoms with Gasteiger partial charge >= 0.3 is 0 Å². The van der Waals surface area contributed by atoms with Crippen molar-refractivity contribution in [1.82, 2.24) is 24.6 Å². The first-order chi connectivity index (χ1) is 11.9. The molecule has 1 aromatic heterocycles. The van der Waals surface area contributed by atoms with Crippen LogP contribution in [-0.4, -0.2) is 57.7 Å². The lowest BCUT2D eigenvalue weighted by atomic mass is 10.0. The maximum atomic E-state index is 13.0. The maximum Gasteiger partial charge on any atom is 0.253 e. The van der Waals surface area contributed by atoms with Crippen molar-refractivity contribution < 1.29 is 4.79 Å². The Morgan fingerprint density at radius 3 is 2.80 bits per heavy atom. The minimum atomic E-state index is 0.111. The molecule has 0 radical (unpaired) electrons. The second-order valence-electron chi connectivity index (χ2n) is 7.14. The molecular weight excluding hydrogens is 314 g/mol. The molecule has 3 rings (SSSR count). The van der Waals surface area contributed by atoms with E-state index < -0.39 is 0 Å². The summed E-state index contributed by atoms with van der Waals surface area (Å²) in [4.78, 5) is 21.4. The van der Waals surface area contributed by atoms with Crippen LogP contribution >= 0.6 is 0 Å². The summed E-state index contributed by atoms with van der Waals surface area (Å²) in [6.45, 7) is 6.22. The van der Waals surface area contributed by atoms with Crippen LogP contribution in [0.2, 0.25) is 0 Å². The van der Waals surface area contributed by atoms with Crippen molar-refractivity contribution in [3.63, 3.8) is 0 Å². The molecule has 6 nitrogen and oxygen atoms in total. The molecule has 1 atom stereocenters. The van der Waals surface area contributed by atoms with Gasteiger partial charge in [0.15, 0.2) is 0 Å². The van der Waals surface area contributed by atoms with Crippen molar-refractivity contribution in [1.29, 1.82) is 0 Å². The predicted molar refractivity (Wildman–Crippen MR) is 97.5 cm³/mol. The van der Waals surface area contributed by atoms with E-state index in [4.69, 9.17) is 0 Å². The molecule has 2 aromatic rings. The van der Waals surface area contributed by atoms with E-state index in [0.29, 0.717) is 6.54 Å². The molecule has 0 saturated carbocycles. The monoisotopic (exact) mass is 341 g/mol. The fourth-order valence-electron chi connectivity index (χ4n) is 3.57. The van der Waals surface area contributed by atoms with Crippen molar-refractivity contribution in [2.45, 2.75) is 39.3 Å². The molecule has 1 aromatic carbocycles. The number of likely N-dealkylation sites (tertiary alicyclic amines) is 1. The van der Waals surface area contributed by atoms with Crippen molar-refractivity contribution in [2.75, 3.05) is 27.2 Å². The van der Waals surface area contributed by atoms with E-state index in [2.05, 4.69) is 21.0 Å². The average Bonchev–Trinajstić information content (AvgIpc) is 2.92. The molecule has 2 heterocycles. The highest BCUT2D eigenvalue weighted by Crippen LogP contribution is 2.23. The number of hydrogen-bond donors (Lipinski definition) is 0.